The van der Waals surface area contributed by atoms with Gasteiger partial charge >= 0.3 is 0 Å². The standard InChI is InChI=1S/C14H10F2N4/c15-10-2-3-12(11(16)5-10)20-8-18-7-13(20)9-1-4-14(17)19-6-9/h1-8H,(H2,17,19). The third-order valence-electron chi connectivity index (χ3n) is 2.89. The van der Waals surface area contributed by atoms with E-state index in [-0.39, 0.29) is 5.69 Å². The Morgan fingerprint density at radius 3 is 2.60 bits per heavy atom. The zero-order valence-corrected chi connectivity index (χ0v) is 10.3. The molecule has 1 aromatic carbocycles. The van der Waals surface area contributed by atoms with Gasteiger partial charge in [-0.3, -0.25) is 4.57 Å². The number of nitrogens with zero attached hydrogens (tertiary/aromatic N) is 3. The first-order chi connectivity index (χ1) is 9.65. The maximum absolute atomic E-state index is 13.8. The molecule has 2 aromatic heterocycles. The Hall–Kier alpha value is -2.76. The molecule has 2 N–H and O–H groups in total. The molecule has 3 rings (SSSR count). The Bertz CT molecular complexity index is 750. The number of imidazole rings is 1. The zero-order chi connectivity index (χ0) is 14.1. The van der Waals surface area contributed by atoms with Crippen molar-refractivity contribution in [2.45, 2.75) is 0 Å². The van der Waals surface area contributed by atoms with Crippen molar-refractivity contribution in [1.29, 1.82) is 0 Å². The van der Waals surface area contributed by atoms with E-state index in [0.29, 0.717) is 11.5 Å². The van der Waals surface area contributed by atoms with Gasteiger partial charge < -0.3 is 5.73 Å². The second-order valence-electron chi connectivity index (χ2n) is 4.22. The molecule has 2 heterocycles. The van der Waals surface area contributed by atoms with Gasteiger partial charge in [0.25, 0.3) is 0 Å². The highest BCUT2D eigenvalue weighted by molar-refractivity contribution is 5.62. The molecule has 0 atom stereocenters. The van der Waals surface area contributed by atoms with Gasteiger partial charge in [0.15, 0.2) is 0 Å². The van der Waals surface area contributed by atoms with Gasteiger partial charge in [-0.15, -0.1) is 0 Å². The maximum atomic E-state index is 13.8. The number of aromatic nitrogens is 3. The summed E-state index contributed by atoms with van der Waals surface area (Å²) in [7, 11) is 0. The lowest BCUT2D eigenvalue weighted by Gasteiger charge is -2.09. The number of benzene rings is 1. The molecule has 0 unspecified atom stereocenters. The van der Waals surface area contributed by atoms with Crippen molar-refractivity contribution < 1.29 is 8.78 Å². The molecule has 0 fully saturated rings. The fraction of sp³-hybridized carbons (Fsp3) is 0. The molecule has 0 aliphatic rings. The maximum Gasteiger partial charge on any atom is 0.150 e. The molecule has 0 bridgehead atoms. The van der Waals surface area contributed by atoms with Crippen LogP contribution in [0.4, 0.5) is 14.6 Å². The summed E-state index contributed by atoms with van der Waals surface area (Å²) in [5.74, 6) is -0.887. The molecular weight excluding hydrogens is 262 g/mol. The summed E-state index contributed by atoms with van der Waals surface area (Å²) in [5.41, 5.74) is 7.13. The lowest BCUT2D eigenvalue weighted by atomic mass is 10.2. The second-order valence-corrected chi connectivity index (χ2v) is 4.22. The highest BCUT2D eigenvalue weighted by Gasteiger charge is 2.11. The van der Waals surface area contributed by atoms with E-state index in [1.807, 2.05) is 0 Å². The van der Waals surface area contributed by atoms with Crippen LogP contribution in [0.25, 0.3) is 16.9 Å². The summed E-state index contributed by atoms with van der Waals surface area (Å²) < 4.78 is 28.3. The molecule has 0 aliphatic heterocycles. The number of nitrogens with two attached hydrogens (primary N) is 1. The number of anilines is 1. The highest BCUT2D eigenvalue weighted by Crippen LogP contribution is 2.24. The highest BCUT2D eigenvalue weighted by atomic mass is 19.1. The van der Waals surface area contributed by atoms with Crippen LogP contribution >= 0.6 is 0 Å². The fourth-order valence-corrected chi connectivity index (χ4v) is 1.93. The third kappa shape index (κ3) is 2.11. The molecule has 0 aliphatic carbocycles. The quantitative estimate of drug-likeness (QED) is 0.780. The molecule has 0 amide bonds. The Morgan fingerprint density at radius 1 is 1.05 bits per heavy atom. The Kier molecular flexibility index (Phi) is 2.90. The van der Waals surface area contributed by atoms with Gasteiger partial charge in [0, 0.05) is 17.8 Å². The number of hydrogen-bond acceptors (Lipinski definition) is 3. The van der Waals surface area contributed by atoms with Crippen molar-refractivity contribution in [3.8, 4) is 16.9 Å². The van der Waals surface area contributed by atoms with Gasteiger partial charge in [0.1, 0.15) is 17.5 Å². The van der Waals surface area contributed by atoms with Gasteiger partial charge in [0.2, 0.25) is 0 Å². The SMILES string of the molecule is Nc1ccc(-c2cncn2-c2ccc(F)cc2F)cn1. The molecule has 0 spiro atoms. The van der Waals surface area contributed by atoms with Crippen LogP contribution in [0.1, 0.15) is 0 Å². The first kappa shape index (κ1) is 12.3. The van der Waals surface area contributed by atoms with Gasteiger partial charge in [-0.1, -0.05) is 0 Å². The van der Waals surface area contributed by atoms with Crippen molar-refractivity contribution in [1.82, 2.24) is 14.5 Å². The minimum absolute atomic E-state index is 0.218. The van der Waals surface area contributed by atoms with E-state index in [9.17, 15) is 8.78 Å². The molecular formula is C14H10F2N4. The van der Waals surface area contributed by atoms with Gasteiger partial charge in [-0.25, -0.2) is 18.7 Å². The average Bonchev–Trinajstić information content (AvgIpc) is 2.88. The second kappa shape index (κ2) is 4.73. The largest absolute Gasteiger partial charge is 0.384 e. The number of hydrogen-bond donors (Lipinski definition) is 1. The molecule has 0 radical (unpaired) electrons. The van der Waals surface area contributed by atoms with Crippen molar-refractivity contribution in [2.75, 3.05) is 5.73 Å². The van der Waals surface area contributed by atoms with E-state index >= 15 is 0 Å². The topological polar surface area (TPSA) is 56.7 Å². The lowest BCUT2D eigenvalue weighted by molar-refractivity contribution is 0.578. The number of pyridine rings is 1. The number of rotatable bonds is 2. The summed E-state index contributed by atoms with van der Waals surface area (Å²) in [4.78, 5) is 7.99. The van der Waals surface area contributed by atoms with Crippen molar-refractivity contribution in [3.63, 3.8) is 0 Å². The summed E-state index contributed by atoms with van der Waals surface area (Å²) >= 11 is 0. The van der Waals surface area contributed by atoms with Crippen LogP contribution in [0.2, 0.25) is 0 Å². The molecule has 3 aromatic rings. The van der Waals surface area contributed by atoms with Crippen LogP contribution in [-0.2, 0) is 0 Å². The normalized spacial score (nSPS) is 10.7. The summed E-state index contributed by atoms with van der Waals surface area (Å²) in [6.07, 6.45) is 4.61. The fourth-order valence-electron chi connectivity index (χ4n) is 1.93. The summed E-state index contributed by atoms with van der Waals surface area (Å²) in [6.45, 7) is 0. The van der Waals surface area contributed by atoms with E-state index in [2.05, 4.69) is 9.97 Å². The van der Waals surface area contributed by atoms with Gasteiger partial charge in [-0.05, 0) is 24.3 Å². The Balaban J connectivity index is 2.12. The van der Waals surface area contributed by atoms with Gasteiger partial charge in [0.05, 0.1) is 23.9 Å². The number of nitrogen functional groups attached to an aromatic ring is 1. The van der Waals surface area contributed by atoms with E-state index in [1.54, 1.807) is 24.5 Å². The third-order valence-corrected chi connectivity index (χ3v) is 2.89. The molecule has 100 valence electrons. The van der Waals surface area contributed by atoms with Crippen LogP contribution < -0.4 is 5.73 Å². The van der Waals surface area contributed by atoms with Gasteiger partial charge in [-0.2, -0.15) is 0 Å². The molecule has 0 saturated heterocycles. The number of halogens is 2. The average molecular weight is 272 g/mol. The molecule has 20 heavy (non-hydrogen) atoms. The lowest BCUT2D eigenvalue weighted by Crippen LogP contribution is -1.99. The Morgan fingerprint density at radius 2 is 1.90 bits per heavy atom. The predicted molar refractivity (Wildman–Crippen MR) is 71.1 cm³/mol. The van der Waals surface area contributed by atoms with E-state index in [1.165, 1.54) is 23.0 Å². The van der Waals surface area contributed by atoms with Crippen molar-refractivity contribution in [2.24, 2.45) is 0 Å². The monoisotopic (exact) mass is 272 g/mol. The Labute approximate surface area is 113 Å². The van der Waals surface area contributed by atoms with Crippen LogP contribution in [0.5, 0.6) is 0 Å². The summed E-state index contributed by atoms with van der Waals surface area (Å²) in [6, 6.07) is 6.80. The first-order valence-corrected chi connectivity index (χ1v) is 5.85. The summed E-state index contributed by atoms with van der Waals surface area (Å²) in [5, 5.41) is 0. The first-order valence-electron chi connectivity index (χ1n) is 5.85. The minimum atomic E-state index is -0.660. The van der Waals surface area contributed by atoms with E-state index in [4.69, 9.17) is 5.73 Å². The van der Waals surface area contributed by atoms with Crippen LogP contribution in [0.3, 0.4) is 0 Å². The van der Waals surface area contributed by atoms with Crippen molar-refractivity contribution in [3.05, 3.63) is 60.7 Å². The zero-order valence-electron chi connectivity index (χ0n) is 10.3. The van der Waals surface area contributed by atoms with Crippen LogP contribution in [0, 0.1) is 11.6 Å². The van der Waals surface area contributed by atoms with Crippen LogP contribution in [0.15, 0.2) is 49.1 Å². The van der Waals surface area contributed by atoms with E-state index in [0.717, 1.165) is 11.6 Å². The molecule has 6 heteroatoms. The van der Waals surface area contributed by atoms with E-state index < -0.39 is 11.6 Å². The minimum Gasteiger partial charge on any atom is -0.384 e. The molecule has 4 nitrogen and oxygen atoms in total. The smallest absolute Gasteiger partial charge is 0.150 e. The molecule has 0 saturated carbocycles. The predicted octanol–water partition coefficient (Wildman–Crippen LogP) is 2.79. The van der Waals surface area contributed by atoms with Crippen molar-refractivity contribution >= 4 is 5.82 Å². The van der Waals surface area contributed by atoms with Crippen LogP contribution in [-0.4, -0.2) is 14.5 Å².